The van der Waals surface area contributed by atoms with Gasteiger partial charge in [-0.15, -0.1) is 0 Å². The lowest BCUT2D eigenvalue weighted by atomic mass is 10.2. The van der Waals surface area contributed by atoms with Crippen LogP contribution in [0.4, 0.5) is 14.9 Å². The highest BCUT2D eigenvalue weighted by Crippen LogP contribution is 2.34. The molecule has 1 aliphatic heterocycles. The largest absolute Gasteiger partial charge is 0.317 e. The second-order valence-corrected chi connectivity index (χ2v) is 7.43. The minimum absolute atomic E-state index is 0.0580. The molecule has 9 heteroatoms. The predicted molar refractivity (Wildman–Crippen MR) is 110 cm³/mol. The fourth-order valence-electron chi connectivity index (χ4n) is 3.07. The van der Waals surface area contributed by atoms with Crippen LogP contribution >= 0.6 is 11.8 Å². The summed E-state index contributed by atoms with van der Waals surface area (Å²) in [5, 5.41) is 10.6. The minimum atomic E-state index is -0.514. The molecule has 2 amide bonds. The molecule has 30 heavy (non-hydrogen) atoms. The van der Waals surface area contributed by atoms with E-state index < -0.39 is 21.9 Å². The lowest BCUT2D eigenvalue weighted by Gasteiger charge is -2.12. The number of aromatic nitrogens is 1. The Morgan fingerprint density at radius 3 is 2.63 bits per heavy atom. The molecule has 1 saturated heterocycles. The first-order chi connectivity index (χ1) is 14.4. The van der Waals surface area contributed by atoms with Gasteiger partial charge in [0.25, 0.3) is 16.8 Å². The van der Waals surface area contributed by atoms with Crippen molar-refractivity contribution in [2.45, 2.75) is 6.54 Å². The van der Waals surface area contributed by atoms with E-state index in [1.54, 1.807) is 47.2 Å². The number of carbonyl (C=O) groups is 2. The van der Waals surface area contributed by atoms with Gasteiger partial charge >= 0.3 is 0 Å². The number of imide groups is 1. The Balaban J connectivity index is 1.63. The molecule has 1 aromatic heterocycles. The summed E-state index contributed by atoms with van der Waals surface area (Å²) in [7, 11) is 0. The van der Waals surface area contributed by atoms with Crippen LogP contribution < -0.4 is 0 Å². The lowest BCUT2D eigenvalue weighted by Crippen LogP contribution is -2.27. The van der Waals surface area contributed by atoms with Crippen molar-refractivity contribution < 1.29 is 18.9 Å². The third-order valence-electron chi connectivity index (χ3n) is 4.54. The van der Waals surface area contributed by atoms with Gasteiger partial charge in [0, 0.05) is 29.6 Å². The van der Waals surface area contributed by atoms with Crippen molar-refractivity contribution in [2.75, 3.05) is 0 Å². The number of hydrogen-bond donors (Lipinski definition) is 0. The van der Waals surface area contributed by atoms with Crippen molar-refractivity contribution in [3.8, 4) is 5.69 Å². The van der Waals surface area contributed by atoms with Crippen LogP contribution in [0.3, 0.4) is 0 Å². The van der Waals surface area contributed by atoms with Gasteiger partial charge in [-0.1, -0.05) is 24.3 Å². The molecule has 1 aliphatic rings. The number of nitro groups is 1. The van der Waals surface area contributed by atoms with Crippen molar-refractivity contribution in [1.82, 2.24) is 9.47 Å². The van der Waals surface area contributed by atoms with E-state index in [2.05, 4.69) is 0 Å². The molecule has 4 rings (SSSR count). The maximum atomic E-state index is 13.9. The van der Waals surface area contributed by atoms with Gasteiger partial charge in [0.1, 0.15) is 5.82 Å². The van der Waals surface area contributed by atoms with Gasteiger partial charge in [0.2, 0.25) is 0 Å². The van der Waals surface area contributed by atoms with Gasteiger partial charge in [-0.3, -0.25) is 24.6 Å². The molecule has 0 bridgehead atoms. The van der Waals surface area contributed by atoms with Crippen molar-refractivity contribution in [3.05, 3.63) is 99.0 Å². The quantitative estimate of drug-likeness (QED) is 0.336. The first-order valence-corrected chi connectivity index (χ1v) is 9.66. The van der Waals surface area contributed by atoms with E-state index in [4.69, 9.17) is 0 Å². The Morgan fingerprint density at radius 2 is 1.87 bits per heavy atom. The van der Waals surface area contributed by atoms with Gasteiger partial charge in [-0.2, -0.15) is 0 Å². The molecule has 0 atom stereocenters. The summed E-state index contributed by atoms with van der Waals surface area (Å²) in [6, 6.07) is 15.5. The van der Waals surface area contributed by atoms with E-state index >= 15 is 0 Å². The lowest BCUT2D eigenvalue weighted by molar-refractivity contribution is -0.384. The van der Waals surface area contributed by atoms with Crippen LogP contribution in [0.15, 0.2) is 71.8 Å². The Hall–Kier alpha value is -3.72. The van der Waals surface area contributed by atoms with Crippen molar-refractivity contribution >= 4 is 34.7 Å². The van der Waals surface area contributed by atoms with E-state index in [1.165, 1.54) is 30.3 Å². The smallest absolute Gasteiger partial charge is 0.293 e. The highest BCUT2D eigenvalue weighted by atomic mass is 32.2. The first-order valence-electron chi connectivity index (χ1n) is 8.85. The molecular weight excluding hydrogens is 409 g/mol. The van der Waals surface area contributed by atoms with Gasteiger partial charge in [-0.05, 0) is 42.1 Å². The Bertz CT molecular complexity index is 1200. The first kappa shape index (κ1) is 19.6. The zero-order valence-corrected chi connectivity index (χ0v) is 16.2. The second kappa shape index (κ2) is 7.96. The number of nitrogens with zero attached hydrogens (tertiary/aromatic N) is 3. The van der Waals surface area contributed by atoms with Gasteiger partial charge in [0.15, 0.2) is 0 Å². The van der Waals surface area contributed by atoms with Crippen LogP contribution in [-0.4, -0.2) is 25.5 Å². The molecule has 0 aliphatic carbocycles. The van der Waals surface area contributed by atoms with E-state index in [1.807, 2.05) is 0 Å². The van der Waals surface area contributed by atoms with Crippen LogP contribution in [0.1, 0.15) is 11.3 Å². The van der Waals surface area contributed by atoms with Crippen LogP contribution in [0, 0.1) is 15.9 Å². The fraction of sp³-hybridized carbons (Fsp3) is 0.0476. The molecule has 0 spiro atoms. The zero-order valence-electron chi connectivity index (χ0n) is 15.4. The summed E-state index contributed by atoms with van der Waals surface area (Å²) >= 11 is 0.772. The number of nitro benzene ring substituents is 1. The Kier molecular flexibility index (Phi) is 5.20. The van der Waals surface area contributed by atoms with Crippen LogP contribution in [0.5, 0.6) is 0 Å². The van der Waals surface area contributed by atoms with Crippen molar-refractivity contribution in [1.29, 1.82) is 0 Å². The maximum Gasteiger partial charge on any atom is 0.293 e. The zero-order chi connectivity index (χ0) is 21.3. The van der Waals surface area contributed by atoms with E-state index in [0.717, 1.165) is 16.7 Å². The average molecular weight is 423 g/mol. The van der Waals surface area contributed by atoms with Gasteiger partial charge in [0.05, 0.1) is 22.1 Å². The molecule has 0 saturated carbocycles. The summed E-state index contributed by atoms with van der Waals surface area (Å²) in [6.07, 6.45) is 3.25. The molecule has 1 fully saturated rings. The van der Waals surface area contributed by atoms with E-state index in [9.17, 15) is 24.1 Å². The summed E-state index contributed by atoms with van der Waals surface area (Å²) in [6.45, 7) is -0.152. The summed E-state index contributed by atoms with van der Waals surface area (Å²) < 4.78 is 15.6. The summed E-state index contributed by atoms with van der Waals surface area (Å²) in [5.41, 5.74) is 1.32. The van der Waals surface area contributed by atoms with Crippen LogP contribution in [0.25, 0.3) is 11.8 Å². The highest BCUT2D eigenvalue weighted by molar-refractivity contribution is 8.18. The molecule has 0 radical (unpaired) electrons. The Morgan fingerprint density at radius 1 is 1.07 bits per heavy atom. The molecule has 0 N–H and O–H groups in total. The predicted octanol–water partition coefficient (Wildman–Crippen LogP) is 4.76. The monoisotopic (exact) mass is 423 g/mol. The average Bonchev–Trinajstić information content (AvgIpc) is 3.30. The normalized spacial score (nSPS) is 15.2. The molecule has 2 heterocycles. The van der Waals surface area contributed by atoms with Gasteiger partial charge < -0.3 is 4.57 Å². The number of halogens is 1. The standard InChI is InChI=1S/C21H14FN3O4S/c22-18-9-2-1-5-14(18)13-24-20(26)19(30-21(24)27)12-16-8-4-10-23(16)15-6-3-7-17(11-15)25(28)29/h1-12H,13H2/b19-12-. The number of amides is 2. The highest BCUT2D eigenvalue weighted by Gasteiger charge is 2.35. The second-order valence-electron chi connectivity index (χ2n) is 6.44. The number of rotatable bonds is 5. The van der Waals surface area contributed by atoms with E-state index in [0.29, 0.717) is 11.4 Å². The summed E-state index contributed by atoms with van der Waals surface area (Å²) in [5.74, 6) is -1.000. The fourth-order valence-corrected chi connectivity index (χ4v) is 3.89. The van der Waals surface area contributed by atoms with Crippen LogP contribution in [-0.2, 0) is 11.3 Å². The molecule has 2 aromatic carbocycles. The van der Waals surface area contributed by atoms with Crippen molar-refractivity contribution in [3.63, 3.8) is 0 Å². The third kappa shape index (κ3) is 3.74. The van der Waals surface area contributed by atoms with E-state index in [-0.39, 0.29) is 22.7 Å². The number of thioether (sulfide) groups is 1. The molecular formula is C21H14FN3O4S. The topological polar surface area (TPSA) is 85.5 Å². The van der Waals surface area contributed by atoms with Crippen molar-refractivity contribution in [2.24, 2.45) is 0 Å². The van der Waals surface area contributed by atoms with Crippen LogP contribution in [0.2, 0.25) is 0 Å². The number of benzene rings is 2. The SMILES string of the molecule is O=C1S/C(=C\c2cccn2-c2cccc([N+](=O)[O-])c2)C(=O)N1Cc1ccccc1F. The molecule has 3 aromatic rings. The molecule has 7 nitrogen and oxygen atoms in total. The third-order valence-corrected chi connectivity index (χ3v) is 5.45. The molecule has 0 unspecified atom stereocenters. The number of hydrogen-bond acceptors (Lipinski definition) is 5. The summed E-state index contributed by atoms with van der Waals surface area (Å²) in [4.78, 5) is 36.8. The maximum absolute atomic E-state index is 13.9. The Labute approximate surface area is 174 Å². The minimum Gasteiger partial charge on any atom is -0.317 e. The number of non-ortho nitro benzene ring substituents is 1. The number of carbonyl (C=O) groups excluding carboxylic acids is 2. The molecule has 150 valence electrons. The van der Waals surface area contributed by atoms with Gasteiger partial charge in [-0.25, -0.2) is 4.39 Å².